The van der Waals surface area contributed by atoms with E-state index in [-0.39, 0.29) is 42.1 Å². The van der Waals surface area contributed by atoms with Crippen molar-refractivity contribution in [1.82, 2.24) is 4.90 Å². The van der Waals surface area contributed by atoms with Crippen LogP contribution in [0.2, 0.25) is 5.02 Å². The first-order valence-corrected chi connectivity index (χ1v) is 8.07. The van der Waals surface area contributed by atoms with Crippen LogP contribution in [-0.4, -0.2) is 31.5 Å². The number of hydrogen-bond acceptors (Lipinski definition) is 3. The van der Waals surface area contributed by atoms with Crippen LogP contribution in [0.5, 0.6) is 0 Å². The summed E-state index contributed by atoms with van der Waals surface area (Å²) in [5, 5.41) is 4.96. The van der Waals surface area contributed by atoms with Gasteiger partial charge in [0.2, 0.25) is 15.9 Å². The van der Waals surface area contributed by atoms with Gasteiger partial charge in [-0.25, -0.2) is 17.9 Å². The molecule has 1 heterocycles. The van der Waals surface area contributed by atoms with Crippen LogP contribution in [0.1, 0.15) is 12.0 Å². The molecule has 0 saturated carbocycles. The molecule has 1 saturated heterocycles. The molecule has 1 amide bonds. The lowest BCUT2D eigenvalue weighted by atomic mass is 10.1. The first kappa shape index (κ1) is 15.2. The standard InChI is InChI=1S/C12H14ClFN2O3S/c13-12-9(2-1-3-10(12)14)6-16-5-8(4-11(16)17)7-20(15,18)19/h1-3,8H,4-7H2,(H2,15,18,19). The van der Waals surface area contributed by atoms with E-state index in [0.717, 1.165) is 0 Å². The molecule has 8 heteroatoms. The molecule has 1 aliphatic rings. The third kappa shape index (κ3) is 3.68. The summed E-state index contributed by atoms with van der Waals surface area (Å²) in [7, 11) is -3.61. The molecular formula is C12H14ClFN2O3S. The van der Waals surface area contributed by atoms with Gasteiger partial charge in [0, 0.05) is 25.4 Å². The Hall–Kier alpha value is -1.18. The summed E-state index contributed by atoms with van der Waals surface area (Å²) in [5.74, 6) is -1.28. The Morgan fingerprint density at radius 1 is 1.45 bits per heavy atom. The summed E-state index contributed by atoms with van der Waals surface area (Å²) in [6.45, 7) is 0.443. The van der Waals surface area contributed by atoms with E-state index in [1.165, 1.54) is 17.0 Å². The molecule has 1 aromatic rings. The van der Waals surface area contributed by atoms with Crippen molar-refractivity contribution >= 4 is 27.5 Å². The number of carbonyl (C=O) groups excluding carboxylic acids is 1. The van der Waals surface area contributed by atoms with Gasteiger partial charge in [0.1, 0.15) is 5.82 Å². The third-order valence-electron chi connectivity index (χ3n) is 3.16. The molecular weight excluding hydrogens is 307 g/mol. The minimum atomic E-state index is -3.61. The summed E-state index contributed by atoms with van der Waals surface area (Å²) in [6.07, 6.45) is 0.128. The van der Waals surface area contributed by atoms with Crippen molar-refractivity contribution in [3.8, 4) is 0 Å². The predicted molar refractivity (Wildman–Crippen MR) is 72.9 cm³/mol. The number of likely N-dealkylation sites (tertiary alicyclic amines) is 1. The van der Waals surface area contributed by atoms with Gasteiger partial charge in [-0.2, -0.15) is 0 Å². The highest BCUT2D eigenvalue weighted by atomic mass is 35.5. The van der Waals surface area contributed by atoms with Crippen molar-refractivity contribution in [3.63, 3.8) is 0 Å². The van der Waals surface area contributed by atoms with Crippen molar-refractivity contribution in [3.05, 3.63) is 34.6 Å². The first-order chi connectivity index (χ1) is 9.26. The minimum absolute atomic E-state index is 0.0183. The fourth-order valence-corrected chi connectivity index (χ4v) is 3.39. The fraction of sp³-hybridized carbons (Fsp3) is 0.417. The van der Waals surface area contributed by atoms with Gasteiger partial charge in [0.15, 0.2) is 0 Å². The average molecular weight is 321 g/mol. The Morgan fingerprint density at radius 3 is 2.80 bits per heavy atom. The van der Waals surface area contributed by atoms with Crippen LogP contribution in [0.25, 0.3) is 0 Å². The van der Waals surface area contributed by atoms with Crippen LogP contribution >= 0.6 is 11.6 Å². The van der Waals surface area contributed by atoms with Gasteiger partial charge in [-0.05, 0) is 11.6 Å². The average Bonchev–Trinajstić information content (AvgIpc) is 2.63. The van der Waals surface area contributed by atoms with Crippen LogP contribution in [0, 0.1) is 11.7 Å². The van der Waals surface area contributed by atoms with Crippen molar-refractivity contribution in [2.75, 3.05) is 12.3 Å². The van der Waals surface area contributed by atoms with Crippen molar-refractivity contribution in [2.45, 2.75) is 13.0 Å². The first-order valence-electron chi connectivity index (χ1n) is 5.97. The Morgan fingerprint density at radius 2 is 2.15 bits per heavy atom. The zero-order chi connectivity index (χ0) is 14.9. The minimum Gasteiger partial charge on any atom is -0.338 e. The number of benzene rings is 1. The number of nitrogens with zero attached hydrogens (tertiary/aromatic N) is 1. The molecule has 1 atom stereocenters. The van der Waals surface area contributed by atoms with Crippen LogP contribution in [0.3, 0.4) is 0 Å². The lowest BCUT2D eigenvalue weighted by molar-refractivity contribution is -0.128. The van der Waals surface area contributed by atoms with Gasteiger partial charge in [0.25, 0.3) is 0 Å². The Labute approximate surface area is 121 Å². The van der Waals surface area contributed by atoms with E-state index in [0.29, 0.717) is 5.56 Å². The van der Waals surface area contributed by atoms with E-state index in [2.05, 4.69) is 0 Å². The number of rotatable bonds is 4. The summed E-state index contributed by atoms with van der Waals surface area (Å²) >= 11 is 5.83. The monoisotopic (exact) mass is 320 g/mol. The third-order valence-corrected chi connectivity index (χ3v) is 4.51. The van der Waals surface area contributed by atoms with E-state index in [4.69, 9.17) is 16.7 Å². The van der Waals surface area contributed by atoms with Gasteiger partial charge in [-0.3, -0.25) is 4.79 Å². The molecule has 2 N–H and O–H groups in total. The van der Waals surface area contributed by atoms with Gasteiger partial charge in [-0.15, -0.1) is 0 Å². The molecule has 0 aliphatic carbocycles. The zero-order valence-electron chi connectivity index (χ0n) is 10.6. The van der Waals surface area contributed by atoms with Gasteiger partial charge in [-0.1, -0.05) is 23.7 Å². The second kappa shape index (κ2) is 5.67. The summed E-state index contributed by atoms with van der Waals surface area (Å²) in [6, 6.07) is 4.38. The quantitative estimate of drug-likeness (QED) is 0.902. The van der Waals surface area contributed by atoms with E-state index >= 15 is 0 Å². The number of primary sulfonamides is 1. The normalized spacial score (nSPS) is 19.6. The lowest BCUT2D eigenvalue weighted by Gasteiger charge is -2.17. The summed E-state index contributed by atoms with van der Waals surface area (Å²) in [5.41, 5.74) is 0.497. The largest absolute Gasteiger partial charge is 0.338 e. The molecule has 1 unspecified atom stereocenters. The number of hydrogen-bond donors (Lipinski definition) is 1. The van der Waals surface area contributed by atoms with Gasteiger partial charge >= 0.3 is 0 Å². The zero-order valence-corrected chi connectivity index (χ0v) is 12.1. The maximum atomic E-state index is 13.3. The van der Waals surface area contributed by atoms with Crippen molar-refractivity contribution in [2.24, 2.45) is 11.1 Å². The molecule has 0 aromatic heterocycles. The topological polar surface area (TPSA) is 80.5 Å². The lowest BCUT2D eigenvalue weighted by Crippen LogP contribution is -2.27. The molecule has 1 fully saturated rings. The van der Waals surface area contributed by atoms with Crippen LogP contribution in [0.15, 0.2) is 18.2 Å². The molecule has 110 valence electrons. The van der Waals surface area contributed by atoms with E-state index in [1.54, 1.807) is 6.07 Å². The van der Waals surface area contributed by atoms with E-state index in [1.807, 2.05) is 0 Å². The smallest absolute Gasteiger partial charge is 0.223 e. The maximum Gasteiger partial charge on any atom is 0.223 e. The van der Waals surface area contributed by atoms with Crippen LogP contribution in [0.4, 0.5) is 4.39 Å². The fourth-order valence-electron chi connectivity index (χ4n) is 2.32. The highest BCUT2D eigenvalue weighted by molar-refractivity contribution is 7.89. The second-order valence-corrected chi connectivity index (χ2v) is 6.92. The van der Waals surface area contributed by atoms with E-state index in [9.17, 15) is 17.6 Å². The highest BCUT2D eigenvalue weighted by Crippen LogP contribution is 2.25. The summed E-state index contributed by atoms with van der Waals surface area (Å²) in [4.78, 5) is 13.3. The van der Waals surface area contributed by atoms with E-state index < -0.39 is 15.8 Å². The Kier molecular flexibility index (Phi) is 4.31. The molecule has 1 aromatic carbocycles. The van der Waals surface area contributed by atoms with Gasteiger partial charge < -0.3 is 4.90 Å². The number of nitrogens with two attached hydrogens (primary N) is 1. The molecule has 5 nitrogen and oxygen atoms in total. The molecule has 1 aliphatic heterocycles. The Bertz CT molecular complexity index is 636. The molecule has 0 spiro atoms. The van der Waals surface area contributed by atoms with Crippen LogP contribution in [-0.2, 0) is 21.4 Å². The SMILES string of the molecule is NS(=O)(=O)CC1CC(=O)N(Cc2cccc(F)c2Cl)C1. The Balaban J connectivity index is 2.07. The molecule has 2 rings (SSSR count). The van der Waals surface area contributed by atoms with Crippen LogP contribution < -0.4 is 5.14 Å². The number of amides is 1. The van der Waals surface area contributed by atoms with Gasteiger partial charge in [0.05, 0.1) is 10.8 Å². The maximum absolute atomic E-state index is 13.3. The summed E-state index contributed by atoms with van der Waals surface area (Å²) < 4.78 is 35.4. The number of carbonyl (C=O) groups is 1. The number of sulfonamides is 1. The molecule has 20 heavy (non-hydrogen) atoms. The molecule has 0 bridgehead atoms. The highest BCUT2D eigenvalue weighted by Gasteiger charge is 2.32. The van der Waals surface area contributed by atoms with Crippen molar-refractivity contribution < 1.29 is 17.6 Å². The predicted octanol–water partition coefficient (Wildman–Crippen LogP) is 1.12. The second-order valence-electron chi connectivity index (χ2n) is 4.89. The molecule has 0 radical (unpaired) electrons. The van der Waals surface area contributed by atoms with Crippen molar-refractivity contribution in [1.29, 1.82) is 0 Å². The number of halogens is 2.